The van der Waals surface area contributed by atoms with E-state index in [0.717, 1.165) is 5.56 Å². The first-order valence-electron chi connectivity index (χ1n) is 8.14. The van der Waals surface area contributed by atoms with E-state index in [1.165, 1.54) is 12.4 Å². The van der Waals surface area contributed by atoms with Crippen LogP contribution >= 0.6 is 0 Å². The zero-order chi connectivity index (χ0) is 19.0. The van der Waals surface area contributed by atoms with Crippen molar-refractivity contribution in [3.05, 3.63) is 45.6 Å². The van der Waals surface area contributed by atoms with Gasteiger partial charge in [0.2, 0.25) is 11.1 Å². The third-order valence-corrected chi connectivity index (χ3v) is 3.97. The molecule has 0 aliphatic heterocycles. The van der Waals surface area contributed by atoms with Crippen LogP contribution < -0.4 is 5.43 Å². The van der Waals surface area contributed by atoms with Crippen LogP contribution in [0, 0.1) is 0 Å². The Morgan fingerprint density at radius 1 is 1.35 bits per heavy atom. The van der Waals surface area contributed by atoms with Crippen molar-refractivity contribution in [3.63, 3.8) is 0 Å². The van der Waals surface area contributed by atoms with Crippen molar-refractivity contribution in [2.24, 2.45) is 4.99 Å². The van der Waals surface area contributed by atoms with Gasteiger partial charge >= 0.3 is 5.97 Å². The molecule has 3 aromatic rings. The number of hydrogen-bond donors (Lipinski definition) is 1. The van der Waals surface area contributed by atoms with E-state index in [1.54, 1.807) is 25.1 Å². The van der Waals surface area contributed by atoms with Crippen LogP contribution in [0.3, 0.4) is 0 Å². The quantitative estimate of drug-likeness (QED) is 0.439. The summed E-state index contributed by atoms with van der Waals surface area (Å²) in [6, 6.07) is 6.69. The van der Waals surface area contributed by atoms with Crippen molar-refractivity contribution in [1.29, 1.82) is 0 Å². The maximum atomic E-state index is 13.0. The summed E-state index contributed by atoms with van der Waals surface area (Å²) >= 11 is 0. The summed E-state index contributed by atoms with van der Waals surface area (Å²) in [6.45, 7) is 3.97. The molecule has 1 aromatic carbocycles. The summed E-state index contributed by atoms with van der Waals surface area (Å²) in [6.07, 6.45) is 1.44. The van der Waals surface area contributed by atoms with E-state index in [2.05, 4.69) is 9.98 Å². The minimum atomic E-state index is -1.21. The molecule has 0 bridgehead atoms. The van der Waals surface area contributed by atoms with Crippen LogP contribution in [0.25, 0.3) is 22.1 Å². The molecule has 0 saturated carbocycles. The highest BCUT2D eigenvalue weighted by molar-refractivity contribution is 5.99. The molecular weight excluding hydrogens is 334 g/mol. The molecule has 0 radical (unpaired) electrons. The first-order valence-corrected chi connectivity index (χ1v) is 8.14. The minimum absolute atomic E-state index is 0.0128. The van der Waals surface area contributed by atoms with E-state index < -0.39 is 5.97 Å². The van der Waals surface area contributed by atoms with E-state index in [-0.39, 0.29) is 33.8 Å². The number of pyridine rings is 1. The van der Waals surface area contributed by atoms with Crippen molar-refractivity contribution in [2.75, 3.05) is 14.1 Å². The largest absolute Gasteiger partial charge is 0.478 e. The first kappa shape index (κ1) is 17.6. The number of nitrogens with zero attached hydrogens (tertiary/aromatic N) is 3. The molecule has 0 spiro atoms. The Balaban J connectivity index is 2.41. The van der Waals surface area contributed by atoms with E-state index in [9.17, 15) is 14.7 Å². The number of benzene rings is 1. The standard InChI is InChI=1S/C19H19N3O4/c1-10(2)11-6-5-7-14-15(11)16(23)12-8-13(19(24)25)17(20-9-22(3)4)21-18(12)26-14/h5-10H,1-4H3,(H,24,25)/b20-9+. The highest BCUT2D eigenvalue weighted by Gasteiger charge is 2.19. The Kier molecular flexibility index (Phi) is 4.46. The fourth-order valence-corrected chi connectivity index (χ4v) is 2.75. The summed E-state index contributed by atoms with van der Waals surface area (Å²) in [5.74, 6) is -1.10. The summed E-state index contributed by atoms with van der Waals surface area (Å²) in [5, 5.41) is 10.1. The molecule has 26 heavy (non-hydrogen) atoms. The van der Waals surface area contributed by atoms with Gasteiger partial charge in [-0.2, -0.15) is 4.98 Å². The lowest BCUT2D eigenvalue weighted by molar-refractivity contribution is 0.0697. The fraction of sp³-hybridized carbons (Fsp3) is 0.263. The average Bonchev–Trinajstić information content (AvgIpc) is 2.58. The topological polar surface area (TPSA) is 96.0 Å². The number of rotatable bonds is 4. The zero-order valence-electron chi connectivity index (χ0n) is 15.0. The molecular formula is C19H19N3O4. The van der Waals surface area contributed by atoms with Gasteiger partial charge in [-0.05, 0) is 23.6 Å². The van der Waals surface area contributed by atoms with Crippen LogP contribution in [-0.2, 0) is 0 Å². The Bertz CT molecular complexity index is 1100. The van der Waals surface area contributed by atoms with Gasteiger partial charge in [0, 0.05) is 14.1 Å². The van der Waals surface area contributed by atoms with Crippen LogP contribution in [0.4, 0.5) is 5.82 Å². The van der Waals surface area contributed by atoms with Gasteiger partial charge in [0.25, 0.3) is 0 Å². The number of aromatic carboxylic acids is 1. The summed E-state index contributed by atoms with van der Waals surface area (Å²) in [7, 11) is 3.51. The molecule has 0 saturated heterocycles. The normalized spacial score (nSPS) is 11.7. The van der Waals surface area contributed by atoms with Crippen LogP contribution in [0.15, 0.2) is 38.5 Å². The molecule has 0 atom stereocenters. The average molecular weight is 353 g/mol. The number of fused-ring (bicyclic) bond motifs is 2. The smallest absolute Gasteiger partial charge is 0.339 e. The number of aliphatic imine (C=N–C) groups is 1. The lowest BCUT2D eigenvalue weighted by atomic mass is 9.98. The molecule has 2 aromatic heterocycles. The number of aromatic nitrogens is 1. The number of carboxylic acid groups (broad SMARTS) is 1. The third-order valence-electron chi connectivity index (χ3n) is 3.97. The van der Waals surface area contributed by atoms with Crippen molar-refractivity contribution in [3.8, 4) is 0 Å². The second kappa shape index (κ2) is 6.59. The van der Waals surface area contributed by atoms with Gasteiger partial charge in [0.15, 0.2) is 5.82 Å². The molecule has 0 unspecified atom stereocenters. The van der Waals surface area contributed by atoms with Gasteiger partial charge in [-0.15, -0.1) is 0 Å². The highest BCUT2D eigenvalue weighted by Crippen LogP contribution is 2.28. The van der Waals surface area contributed by atoms with Gasteiger partial charge in [-0.25, -0.2) is 9.79 Å². The predicted octanol–water partition coefficient (Wildman–Crippen LogP) is 3.38. The molecule has 0 amide bonds. The molecule has 2 heterocycles. The third kappa shape index (κ3) is 3.03. The molecule has 134 valence electrons. The van der Waals surface area contributed by atoms with Crippen LogP contribution in [-0.4, -0.2) is 41.4 Å². The van der Waals surface area contributed by atoms with Crippen LogP contribution in [0.5, 0.6) is 0 Å². The number of carbonyl (C=O) groups is 1. The minimum Gasteiger partial charge on any atom is -0.478 e. The van der Waals surface area contributed by atoms with Gasteiger partial charge in [-0.1, -0.05) is 26.0 Å². The predicted molar refractivity (Wildman–Crippen MR) is 101 cm³/mol. The highest BCUT2D eigenvalue weighted by atomic mass is 16.4. The van der Waals surface area contributed by atoms with E-state index >= 15 is 0 Å². The lowest BCUT2D eigenvalue weighted by Crippen LogP contribution is -2.10. The van der Waals surface area contributed by atoms with Gasteiger partial charge < -0.3 is 14.4 Å². The van der Waals surface area contributed by atoms with E-state index in [0.29, 0.717) is 11.0 Å². The lowest BCUT2D eigenvalue weighted by Gasteiger charge is -2.10. The Labute approximate surface area is 149 Å². The summed E-state index contributed by atoms with van der Waals surface area (Å²) in [5.41, 5.74) is 0.906. The Morgan fingerprint density at radius 2 is 2.08 bits per heavy atom. The Hall–Kier alpha value is -3.22. The van der Waals surface area contributed by atoms with Gasteiger partial charge in [-0.3, -0.25) is 4.79 Å². The van der Waals surface area contributed by atoms with Crippen LogP contribution in [0.2, 0.25) is 0 Å². The second-order valence-electron chi connectivity index (χ2n) is 6.53. The monoisotopic (exact) mass is 353 g/mol. The molecule has 1 N–H and O–H groups in total. The zero-order valence-corrected chi connectivity index (χ0v) is 15.0. The van der Waals surface area contributed by atoms with E-state index in [4.69, 9.17) is 4.42 Å². The maximum Gasteiger partial charge on any atom is 0.339 e. The van der Waals surface area contributed by atoms with Crippen molar-refractivity contribution >= 4 is 40.2 Å². The Morgan fingerprint density at radius 3 is 2.69 bits per heavy atom. The fourth-order valence-electron chi connectivity index (χ4n) is 2.75. The van der Waals surface area contributed by atoms with Crippen molar-refractivity contribution < 1.29 is 14.3 Å². The first-order chi connectivity index (χ1) is 12.3. The molecule has 7 heteroatoms. The SMILES string of the molecule is CC(C)c1cccc2oc3nc(/N=C/N(C)C)c(C(=O)O)cc3c(=O)c12. The van der Waals surface area contributed by atoms with Gasteiger partial charge in [0.05, 0.1) is 17.1 Å². The molecule has 0 aliphatic carbocycles. The van der Waals surface area contributed by atoms with Gasteiger partial charge in [0.1, 0.15) is 11.1 Å². The van der Waals surface area contributed by atoms with Crippen molar-refractivity contribution in [1.82, 2.24) is 9.88 Å². The molecule has 0 fully saturated rings. The molecule has 3 rings (SSSR count). The maximum absolute atomic E-state index is 13.0. The summed E-state index contributed by atoms with van der Waals surface area (Å²) < 4.78 is 5.81. The van der Waals surface area contributed by atoms with E-state index in [1.807, 2.05) is 26.0 Å². The number of hydrogen-bond acceptors (Lipinski definition) is 5. The summed E-state index contributed by atoms with van der Waals surface area (Å²) in [4.78, 5) is 34.5. The molecule has 7 nitrogen and oxygen atoms in total. The number of carboxylic acids is 1. The second-order valence-corrected chi connectivity index (χ2v) is 6.53. The van der Waals surface area contributed by atoms with Crippen molar-refractivity contribution in [2.45, 2.75) is 19.8 Å². The molecule has 0 aliphatic rings. The van der Waals surface area contributed by atoms with Crippen LogP contribution in [0.1, 0.15) is 35.7 Å².